The summed E-state index contributed by atoms with van der Waals surface area (Å²) in [6, 6.07) is 3.63. The molecule has 68 valence electrons. The molecule has 0 atom stereocenters. The number of hydrogen-bond donors (Lipinski definition) is 2. The van der Waals surface area contributed by atoms with E-state index in [1.54, 1.807) is 23.9 Å². The van der Waals surface area contributed by atoms with Crippen molar-refractivity contribution < 1.29 is 4.42 Å². The molecule has 0 aliphatic heterocycles. The Hall–Kier alpha value is -1.49. The second kappa shape index (κ2) is 2.77. The van der Waals surface area contributed by atoms with Crippen molar-refractivity contribution in [3.63, 3.8) is 0 Å². The average molecular weight is 195 g/mol. The summed E-state index contributed by atoms with van der Waals surface area (Å²) in [6.07, 6.45) is 1.60. The Balaban J connectivity index is 2.66. The molecule has 0 spiro atoms. The maximum Gasteiger partial charge on any atom is 0.179 e. The van der Waals surface area contributed by atoms with Gasteiger partial charge < -0.3 is 19.7 Å². The van der Waals surface area contributed by atoms with E-state index >= 15 is 0 Å². The minimum Gasteiger partial charge on any atom is -0.463 e. The molecule has 0 amide bonds. The van der Waals surface area contributed by atoms with Gasteiger partial charge in [-0.05, 0) is 24.4 Å². The number of nitrogens with one attached hydrogen (secondary N) is 1. The van der Waals surface area contributed by atoms with Crippen LogP contribution < -0.4 is 5.73 Å². The van der Waals surface area contributed by atoms with E-state index in [4.69, 9.17) is 22.4 Å². The second-order valence-electron chi connectivity index (χ2n) is 2.73. The monoisotopic (exact) mass is 195 g/mol. The summed E-state index contributed by atoms with van der Waals surface area (Å²) in [5.41, 5.74) is 6.53. The van der Waals surface area contributed by atoms with E-state index in [1.165, 1.54) is 0 Å². The minimum atomic E-state index is 0.583. The number of rotatable bonds is 1. The van der Waals surface area contributed by atoms with Gasteiger partial charge in [0.2, 0.25) is 0 Å². The molecule has 0 fully saturated rings. The lowest BCUT2D eigenvalue weighted by Crippen LogP contribution is -1.96. The molecule has 2 heterocycles. The van der Waals surface area contributed by atoms with E-state index in [0.717, 1.165) is 5.69 Å². The summed E-state index contributed by atoms with van der Waals surface area (Å²) in [5, 5.41) is 0. The van der Waals surface area contributed by atoms with Crippen LogP contribution in [0.4, 0.5) is 5.82 Å². The van der Waals surface area contributed by atoms with E-state index < -0.39 is 0 Å². The lowest BCUT2D eigenvalue weighted by molar-refractivity contribution is 0.580. The number of nitrogens with two attached hydrogens (primary N) is 1. The lowest BCUT2D eigenvalue weighted by atomic mass is 10.3. The normalized spacial score (nSPS) is 10.5. The molecule has 2 aromatic rings. The first-order valence-corrected chi connectivity index (χ1v) is 4.19. The summed E-state index contributed by atoms with van der Waals surface area (Å²) >= 11 is 5.02. The number of hydrogen-bond acceptors (Lipinski definition) is 3. The molecule has 4 nitrogen and oxygen atoms in total. The topological polar surface area (TPSA) is 59.9 Å². The Kier molecular flexibility index (Phi) is 1.73. The standard InChI is InChI=1S/C8H9N3OS/c1-11-7(9)6(10-8(11)13)5-3-2-4-12-5/h2-4H,9H2,1H3,(H,10,13). The van der Waals surface area contributed by atoms with Gasteiger partial charge in [-0.2, -0.15) is 0 Å². The Morgan fingerprint density at radius 1 is 1.62 bits per heavy atom. The molecule has 3 N–H and O–H groups in total. The molecule has 0 saturated carbocycles. The maximum absolute atomic E-state index is 5.80. The van der Waals surface area contributed by atoms with Gasteiger partial charge in [-0.3, -0.25) is 0 Å². The zero-order chi connectivity index (χ0) is 9.42. The average Bonchev–Trinajstić information content (AvgIpc) is 2.70. The van der Waals surface area contributed by atoms with E-state index in [1.807, 2.05) is 6.07 Å². The summed E-state index contributed by atoms with van der Waals surface area (Å²) in [4.78, 5) is 2.97. The van der Waals surface area contributed by atoms with E-state index in [9.17, 15) is 0 Å². The van der Waals surface area contributed by atoms with Crippen LogP contribution in [0.5, 0.6) is 0 Å². The molecule has 13 heavy (non-hydrogen) atoms. The molecule has 0 aliphatic rings. The Morgan fingerprint density at radius 2 is 2.38 bits per heavy atom. The van der Waals surface area contributed by atoms with E-state index in [0.29, 0.717) is 16.3 Å². The smallest absolute Gasteiger partial charge is 0.179 e. The number of nitrogens with zero attached hydrogens (tertiary/aromatic N) is 1. The van der Waals surface area contributed by atoms with Crippen molar-refractivity contribution >= 4 is 18.0 Å². The molecule has 5 heteroatoms. The van der Waals surface area contributed by atoms with Crippen LogP contribution in [0.2, 0.25) is 0 Å². The molecule has 0 saturated heterocycles. The SMILES string of the molecule is Cn1c(N)c(-c2ccco2)[nH]c1=S. The Bertz CT molecular complexity index is 466. The van der Waals surface area contributed by atoms with Crippen molar-refractivity contribution in [1.29, 1.82) is 0 Å². The minimum absolute atomic E-state index is 0.583. The van der Waals surface area contributed by atoms with Gasteiger partial charge >= 0.3 is 0 Å². The highest BCUT2D eigenvalue weighted by Crippen LogP contribution is 2.24. The van der Waals surface area contributed by atoms with Crippen LogP contribution in [0.3, 0.4) is 0 Å². The van der Waals surface area contributed by atoms with Crippen molar-refractivity contribution in [2.45, 2.75) is 0 Å². The van der Waals surface area contributed by atoms with Gasteiger partial charge in [0.1, 0.15) is 11.5 Å². The van der Waals surface area contributed by atoms with Crippen molar-refractivity contribution in [2.24, 2.45) is 7.05 Å². The van der Waals surface area contributed by atoms with Gasteiger partial charge in [-0.1, -0.05) is 0 Å². The highest BCUT2D eigenvalue weighted by Gasteiger charge is 2.09. The van der Waals surface area contributed by atoms with Gasteiger partial charge in [0.05, 0.1) is 6.26 Å². The number of aromatic amines is 1. The lowest BCUT2D eigenvalue weighted by Gasteiger charge is -1.95. The second-order valence-corrected chi connectivity index (χ2v) is 3.11. The molecule has 0 bridgehead atoms. The molecular formula is C8H9N3OS. The van der Waals surface area contributed by atoms with E-state index in [2.05, 4.69) is 4.98 Å². The first kappa shape index (κ1) is 8.12. The van der Waals surface area contributed by atoms with Gasteiger partial charge in [-0.25, -0.2) is 0 Å². The van der Waals surface area contributed by atoms with E-state index in [-0.39, 0.29) is 0 Å². The molecule has 0 aromatic carbocycles. The van der Waals surface area contributed by atoms with Crippen LogP contribution in [-0.2, 0) is 7.05 Å². The molecule has 0 unspecified atom stereocenters. The van der Waals surface area contributed by atoms with Crippen molar-refractivity contribution in [3.8, 4) is 11.5 Å². The fraction of sp³-hybridized carbons (Fsp3) is 0.125. The quantitative estimate of drug-likeness (QED) is 0.683. The predicted octanol–water partition coefficient (Wildman–Crippen LogP) is 1.92. The highest BCUT2D eigenvalue weighted by atomic mass is 32.1. The number of H-pyrrole nitrogens is 1. The fourth-order valence-electron chi connectivity index (χ4n) is 1.14. The molecule has 0 radical (unpaired) electrons. The molecule has 2 aromatic heterocycles. The summed E-state index contributed by atoms with van der Waals surface area (Å²) in [5.74, 6) is 1.28. The summed E-state index contributed by atoms with van der Waals surface area (Å²) < 4.78 is 7.49. The van der Waals surface area contributed by atoms with Gasteiger partial charge in [-0.15, -0.1) is 0 Å². The molecule has 0 aliphatic carbocycles. The first-order valence-electron chi connectivity index (χ1n) is 3.78. The Morgan fingerprint density at radius 3 is 2.85 bits per heavy atom. The summed E-state index contributed by atoms with van der Waals surface area (Å²) in [6.45, 7) is 0. The van der Waals surface area contributed by atoms with Crippen LogP contribution in [0.25, 0.3) is 11.5 Å². The number of imidazole rings is 1. The number of nitrogen functional groups attached to an aromatic ring is 1. The van der Waals surface area contributed by atoms with Crippen LogP contribution in [0.15, 0.2) is 22.8 Å². The fourth-order valence-corrected chi connectivity index (χ4v) is 1.34. The van der Waals surface area contributed by atoms with Gasteiger partial charge in [0.15, 0.2) is 10.5 Å². The maximum atomic E-state index is 5.80. The third-order valence-electron chi connectivity index (χ3n) is 1.92. The van der Waals surface area contributed by atoms with Gasteiger partial charge in [0.25, 0.3) is 0 Å². The third kappa shape index (κ3) is 1.17. The van der Waals surface area contributed by atoms with Crippen LogP contribution in [0.1, 0.15) is 0 Å². The first-order chi connectivity index (χ1) is 6.20. The zero-order valence-corrected chi connectivity index (χ0v) is 7.89. The Labute approximate surface area is 80.0 Å². The van der Waals surface area contributed by atoms with Crippen LogP contribution >= 0.6 is 12.2 Å². The van der Waals surface area contributed by atoms with Gasteiger partial charge in [0, 0.05) is 7.05 Å². The third-order valence-corrected chi connectivity index (χ3v) is 2.30. The number of aromatic nitrogens is 2. The number of furan rings is 1. The predicted molar refractivity (Wildman–Crippen MR) is 52.7 cm³/mol. The molecule has 2 rings (SSSR count). The largest absolute Gasteiger partial charge is 0.463 e. The zero-order valence-electron chi connectivity index (χ0n) is 7.07. The van der Waals surface area contributed by atoms with Crippen LogP contribution in [0, 0.1) is 4.77 Å². The van der Waals surface area contributed by atoms with Crippen LogP contribution in [-0.4, -0.2) is 9.55 Å². The summed E-state index contributed by atoms with van der Waals surface area (Å²) in [7, 11) is 1.81. The molecular weight excluding hydrogens is 186 g/mol. The number of anilines is 1. The van der Waals surface area contributed by atoms with Crippen molar-refractivity contribution in [1.82, 2.24) is 9.55 Å². The highest BCUT2D eigenvalue weighted by molar-refractivity contribution is 7.71. The van der Waals surface area contributed by atoms with Crippen molar-refractivity contribution in [3.05, 3.63) is 23.2 Å². The van der Waals surface area contributed by atoms with Crippen molar-refractivity contribution in [2.75, 3.05) is 5.73 Å².